The van der Waals surface area contributed by atoms with Gasteiger partial charge in [0.25, 0.3) is 0 Å². The molecule has 208 valence electrons. The van der Waals surface area contributed by atoms with Crippen LogP contribution >= 0.6 is 0 Å². The number of esters is 1. The molecule has 0 unspecified atom stereocenters. The van der Waals surface area contributed by atoms with Crippen molar-refractivity contribution in [2.75, 3.05) is 13.2 Å². The third-order valence-electron chi connectivity index (χ3n) is 7.62. The van der Waals surface area contributed by atoms with Gasteiger partial charge in [0.05, 0.1) is 13.2 Å². The third-order valence-corrected chi connectivity index (χ3v) is 7.62. The van der Waals surface area contributed by atoms with Gasteiger partial charge < -0.3 is 14.2 Å². The van der Waals surface area contributed by atoms with Crippen LogP contribution in [0.15, 0.2) is 55.1 Å². The van der Waals surface area contributed by atoms with E-state index in [0.717, 1.165) is 12.3 Å². The summed E-state index contributed by atoms with van der Waals surface area (Å²) in [5, 5.41) is 0. The number of benzene rings is 2. The van der Waals surface area contributed by atoms with Gasteiger partial charge in [-0.3, -0.25) is 0 Å². The largest absolute Gasteiger partial charge is 0.493 e. The summed E-state index contributed by atoms with van der Waals surface area (Å²) in [6.07, 6.45) is 17.6. The number of hydrogen-bond acceptors (Lipinski definition) is 4. The van der Waals surface area contributed by atoms with Gasteiger partial charge in [0, 0.05) is 6.07 Å². The SMILES string of the molecule is C=CCCOc1cc(OCCCCCCCC)ccc1C(=O)Oc1ccc(C2CCC(CCC)CC2)cc1. The Morgan fingerprint density at radius 3 is 2.26 bits per heavy atom. The first kappa shape index (κ1) is 29.8. The predicted molar refractivity (Wildman–Crippen MR) is 157 cm³/mol. The minimum absolute atomic E-state index is 0.402. The highest BCUT2D eigenvalue weighted by atomic mass is 16.5. The van der Waals surface area contributed by atoms with E-state index in [1.807, 2.05) is 18.2 Å². The lowest BCUT2D eigenvalue weighted by Crippen LogP contribution is -2.13. The van der Waals surface area contributed by atoms with E-state index in [4.69, 9.17) is 14.2 Å². The molecule has 1 aliphatic rings. The highest BCUT2D eigenvalue weighted by Gasteiger charge is 2.22. The molecular weight excluding hydrogens is 472 g/mol. The molecule has 38 heavy (non-hydrogen) atoms. The standard InChI is InChI=1S/C34H48O4/c1-4-7-9-10-11-12-25-36-31-22-23-32(33(26-31)37-24-8-5-2)34(35)38-30-20-18-29(19-21-30)28-16-14-27(13-6-3)15-17-28/h5,18-23,26-28H,2,4,6-17,24-25H2,1,3H3. The Bertz CT molecular complexity index is 957. The van der Waals surface area contributed by atoms with Crippen LogP contribution in [0.1, 0.15) is 119 Å². The summed E-state index contributed by atoms with van der Waals surface area (Å²) in [6, 6.07) is 13.4. The van der Waals surface area contributed by atoms with Crippen LogP contribution in [0.5, 0.6) is 17.2 Å². The molecule has 0 spiro atoms. The summed E-state index contributed by atoms with van der Waals surface area (Å²) in [5.41, 5.74) is 1.75. The molecule has 1 fully saturated rings. The van der Waals surface area contributed by atoms with Crippen LogP contribution in [0.2, 0.25) is 0 Å². The van der Waals surface area contributed by atoms with E-state index < -0.39 is 5.97 Å². The molecular formula is C34H48O4. The highest BCUT2D eigenvalue weighted by Crippen LogP contribution is 2.38. The van der Waals surface area contributed by atoms with Crippen LogP contribution in [0.4, 0.5) is 0 Å². The Hall–Kier alpha value is -2.75. The smallest absolute Gasteiger partial charge is 0.347 e. The number of carbonyl (C=O) groups is 1. The second-order valence-corrected chi connectivity index (χ2v) is 10.7. The first-order valence-corrected chi connectivity index (χ1v) is 15.0. The molecule has 0 radical (unpaired) electrons. The van der Waals surface area contributed by atoms with Gasteiger partial charge in [-0.15, -0.1) is 6.58 Å². The van der Waals surface area contributed by atoms with E-state index in [-0.39, 0.29) is 0 Å². The molecule has 0 saturated heterocycles. The molecule has 3 rings (SSSR count). The topological polar surface area (TPSA) is 44.8 Å². The Kier molecular flexibility index (Phi) is 13.3. The molecule has 0 aliphatic heterocycles. The van der Waals surface area contributed by atoms with Crippen LogP contribution in [0.3, 0.4) is 0 Å². The van der Waals surface area contributed by atoms with Gasteiger partial charge in [0.15, 0.2) is 0 Å². The maximum Gasteiger partial charge on any atom is 0.347 e. The molecule has 0 aromatic heterocycles. The average Bonchev–Trinajstić information content (AvgIpc) is 2.94. The molecule has 2 aromatic rings. The maximum atomic E-state index is 13.1. The van der Waals surface area contributed by atoms with Crippen molar-refractivity contribution in [1.82, 2.24) is 0 Å². The van der Waals surface area contributed by atoms with E-state index >= 15 is 0 Å². The fourth-order valence-electron chi connectivity index (χ4n) is 5.37. The number of ether oxygens (including phenoxy) is 3. The Morgan fingerprint density at radius 2 is 1.55 bits per heavy atom. The second-order valence-electron chi connectivity index (χ2n) is 10.7. The molecule has 1 saturated carbocycles. The average molecular weight is 521 g/mol. The predicted octanol–water partition coefficient (Wildman–Crippen LogP) is 9.67. The Balaban J connectivity index is 1.57. The zero-order valence-electron chi connectivity index (χ0n) is 23.7. The first-order chi connectivity index (χ1) is 18.6. The lowest BCUT2D eigenvalue weighted by molar-refractivity contribution is 0.0730. The summed E-state index contributed by atoms with van der Waals surface area (Å²) < 4.78 is 17.6. The molecule has 0 heterocycles. The van der Waals surface area contributed by atoms with Crippen LogP contribution < -0.4 is 14.2 Å². The van der Waals surface area contributed by atoms with Crippen molar-refractivity contribution in [2.24, 2.45) is 5.92 Å². The molecule has 0 atom stereocenters. The van der Waals surface area contributed by atoms with Gasteiger partial charge in [-0.1, -0.05) is 77.0 Å². The molecule has 0 bridgehead atoms. The van der Waals surface area contributed by atoms with Crippen molar-refractivity contribution < 1.29 is 19.0 Å². The fraction of sp³-hybridized carbons (Fsp3) is 0.559. The number of carbonyl (C=O) groups excluding carboxylic acids is 1. The van der Waals surface area contributed by atoms with Crippen molar-refractivity contribution in [3.8, 4) is 17.2 Å². The van der Waals surface area contributed by atoms with Crippen molar-refractivity contribution in [3.63, 3.8) is 0 Å². The number of hydrogen-bond donors (Lipinski definition) is 0. The van der Waals surface area contributed by atoms with Gasteiger partial charge >= 0.3 is 5.97 Å². The van der Waals surface area contributed by atoms with E-state index in [1.54, 1.807) is 18.2 Å². The molecule has 0 amide bonds. The second kappa shape index (κ2) is 17.0. The summed E-state index contributed by atoms with van der Waals surface area (Å²) in [4.78, 5) is 13.1. The summed E-state index contributed by atoms with van der Waals surface area (Å²) in [5.74, 6) is 2.83. The van der Waals surface area contributed by atoms with Crippen LogP contribution in [-0.4, -0.2) is 19.2 Å². The van der Waals surface area contributed by atoms with Crippen LogP contribution in [0.25, 0.3) is 0 Å². The lowest BCUT2D eigenvalue weighted by Gasteiger charge is -2.28. The van der Waals surface area contributed by atoms with E-state index in [1.165, 1.54) is 76.2 Å². The van der Waals surface area contributed by atoms with E-state index in [0.29, 0.717) is 48.4 Å². The van der Waals surface area contributed by atoms with Gasteiger partial charge in [0.1, 0.15) is 22.8 Å². The minimum atomic E-state index is -0.422. The normalized spacial score (nSPS) is 17.1. The highest BCUT2D eigenvalue weighted by molar-refractivity contribution is 5.94. The van der Waals surface area contributed by atoms with E-state index in [2.05, 4.69) is 32.6 Å². The Labute approximate surface area is 230 Å². The third kappa shape index (κ3) is 9.85. The number of rotatable bonds is 17. The van der Waals surface area contributed by atoms with Gasteiger partial charge in [-0.2, -0.15) is 0 Å². The molecule has 0 N–H and O–H groups in total. The van der Waals surface area contributed by atoms with Gasteiger partial charge in [0.2, 0.25) is 0 Å². The fourth-order valence-corrected chi connectivity index (χ4v) is 5.37. The van der Waals surface area contributed by atoms with Crippen molar-refractivity contribution in [3.05, 3.63) is 66.2 Å². The summed E-state index contributed by atoms with van der Waals surface area (Å²) in [6.45, 7) is 9.37. The van der Waals surface area contributed by atoms with Crippen LogP contribution in [0, 0.1) is 5.92 Å². The number of unbranched alkanes of at least 4 members (excludes halogenated alkanes) is 5. The quantitative estimate of drug-likeness (QED) is 0.0901. The lowest BCUT2D eigenvalue weighted by atomic mass is 9.77. The summed E-state index contributed by atoms with van der Waals surface area (Å²) >= 11 is 0. The van der Waals surface area contributed by atoms with Crippen molar-refractivity contribution in [2.45, 2.75) is 103 Å². The molecule has 4 heteroatoms. The minimum Gasteiger partial charge on any atom is -0.493 e. The van der Waals surface area contributed by atoms with Crippen LogP contribution in [-0.2, 0) is 0 Å². The van der Waals surface area contributed by atoms with Crippen molar-refractivity contribution in [1.29, 1.82) is 0 Å². The van der Waals surface area contributed by atoms with Crippen molar-refractivity contribution >= 4 is 5.97 Å². The first-order valence-electron chi connectivity index (χ1n) is 15.0. The van der Waals surface area contributed by atoms with E-state index in [9.17, 15) is 4.79 Å². The monoisotopic (exact) mass is 520 g/mol. The maximum absolute atomic E-state index is 13.1. The molecule has 4 nitrogen and oxygen atoms in total. The van der Waals surface area contributed by atoms with Gasteiger partial charge in [-0.25, -0.2) is 4.79 Å². The zero-order chi connectivity index (χ0) is 27.0. The van der Waals surface area contributed by atoms with Gasteiger partial charge in [-0.05, 0) is 80.2 Å². The zero-order valence-corrected chi connectivity index (χ0v) is 23.7. The summed E-state index contributed by atoms with van der Waals surface area (Å²) in [7, 11) is 0. The molecule has 1 aliphatic carbocycles. The Morgan fingerprint density at radius 1 is 0.842 bits per heavy atom. The molecule has 2 aromatic carbocycles.